The van der Waals surface area contributed by atoms with Gasteiger partial charge in [0.2, 0.25) is 5.91 Å². The summed E-state index contributed by atoms with van der Waals surface area (Å²) in [5.41, 5.74) is 8.86. The lowest BCUT2D eigenvalue weighted by Gasteiger charge is -2.23. The summed E-state index contributed by atoms with van der Waals surface area (Å²) < 4.78 is 5.44. The Bertz CT molecular complexity index is 617. The van der Waals surface area contributed by atoms with Crippen molar-refractivity contribution in [3.63, 3.8) is 0 Å². The number of nitrogens with two attached hydrogens (primary N) is 1. The van der Waals surface area contributed by atoms with E-state index in [9.17, 15) is 9.59 Å². The van der Waals surface area contributed by atoms with Gasteiger partial charge in [0.05, 0.1) is 5.92 Å². The lowest BCUT2D eigenvalue weighted by Crippen LogP contribution is -2.31. The number of rotatable bonds is 1. The van der Waals surface area contributed by atoms with Crippen LogP contribution in [-0.2, 0) is 20.7 Å². The minimum atomic E-state index is -0.542. The Morgan fingerprint density at radius 1 is 1.35 bits per heavy atom. The summed E-state index contributed by atoms with van der Waals surface area (Å²) in [6, 6.07) is 3.75. The average molecular weight is 318 g/mol. The van der Waals surface area contributed by atoms with Crippen LogP contribution in [0.25, 0.3) is 0 Å². The van der Waals surface area contributed by atoms with Crippen LogP contribution in [0.1, 0.15) is 51.2 Å². The quantitative estimate of drug-likeness (QED) is 0.615. The number of ether oxygens (including phenoxy) is 1. The lowest BCUT2D eigenvalue weighted by atomic mass is 9.96. The standard InChI is InChI=1S/C18H26N2O3/c1-11-8-14(19)9-12-6-5-7-13(10-15(21)20-16(11)12)17(22)23-18(2,3)4/h8-9,13H,5-7,10,19H2,1-4H3,(H,20,21). The van der Waals surface area contributed by atoms with Crippen molar-refractivity contribution >= 4 is 23.3 Å². The van der Waals surface area contributed by atoms with Crippen LogP contribution in [0, 0.1) is 12.8 Å². The molecule has 0 saturated carbocycles. The van der Waals surface area contributed by atoms with Crippen LogP contribution in [0.4, 0.5) is 11.4 Å². The van der Waals surface area contributed by atoms with Gasteiger partial charge in [0.1, 0.15) is 5.60 Å². The molecule has 1 aromatic carbocycles. The Hall–Kier alpha value is -2.04. The summed E-state index contributed by atoms with van der Waals surface area (Å²) in [5, 5.41) is 2.94. The first-order chi connectivity index (χ1) is 10.7. The summed E-state index contributed by atoms with van der Waals surface area (Å²) in [4.78, 5) is 24.6. The van der Waals surface area contributed by atoms with E-state index in [1.807, 2.05) is 39.8 Å². The van der Waals surface area contributed by atoms with Crippen LogP contribution in [0.3, 0.4) is 0 Å². The fourth-order valence-corrected chi connectivity index (χ4v) is 2.91. The molecule has 23 heavy (non-hydrogen) atoms. The minimum Gasteiger partial charge on any atom is -0.460 e. The number of anilines is 2. The maximum absolute atomic E-state index is 12.3. The molecular formula is C18H26N2O3. The van der Waals surface area contributed by atoms with Crippen LogP contribution in [0.15, 0.2) is 12.1 Å². The number of amides is 1. The van der Waals surface area contributed by atoms with Crippen LogP contribution in [0.2, 0.25) is 0 Å². The molecule has 0 spiro atoms. The molecule has 126 valence electrons. The first-order valence-corrected chi connectivity index (χ1v) is 8.07. The van der Waals surface area contributed by atoms with Gasteiger partial charge in [-0.05, 0) is 70.2 Å². The van der Waals surface area contributed by atoms with Crippen molar-refractivity contribution in [2.24, 2.45) is 5.92 Å². The third-order valence-electron chi connectivity index (χ3n) is 3.87. The molecule has 1 aliphatic heterocycles. The van der Waals surface area contributed by atoms with Gasteiger partial charge in [0, 0.05) is 17.8 Å². The molecule has 0 bridgehead atoms. The van der Waals surface area contributed by atoms with E-state index in [1.165, 1.54) is 0 Å². The first-order valence-electron chi connectivity index (χ1n) is 8.07. The zero-order chi connectivity index (χ0) is 17.2. The van der Waals surface area contributed by atoms with E-state index in [0.717, 1.165) is 29.7 Å². The molecule has 0 radical (unpaired) electrons. The molecular weight excluding hydrogens is 292 g/mol. The molecule has 0 fully saturated rings. The molecule has 0 aliphatic carbocycles. The SMILES string of the molecule is Cc1cc(N)cc2c1NC(=O)CC(C(=O)OC(C)(C)C)CCC2. The second kappa shape index (κ2) is 6.60. The van der Waals surface area contributed by atoms with E-state index in [-0.39, 0.29) is 18.3 Å². The van der Waals surface area contributed by atoms with Gasteiger partial charge < -0.3 is 15.8 Å². The highest BCUT2D eigenvalue weighted by Gasteiger charge is 2.28. The molecule has 1 amide bonds. The van der Waals surface area contributed by atoms with E-state index in [4.69, 9.17) is 10.5 Å². The molecule has 1 aromatic rings. The molecule has 2 rings (SSSR count). The second-order valence-corrected chi connectivity index (χ2v) is 7.25. The van der Waals surface area contributed by atoms with Crippen molar-refractivity contribution in [2.75, 3.05) is 11.1 Å². The molecule has 1 unspecified atom stereocenters. The zero-order valence-electron chi connectivity index (χ0n) is 14.4. The summed E-state index contributed by atoms with van der Waals surface area (Å²) in [7, 11) is 0. The predicted octanol–water partition coefficient (Wildman–Crippen LogP) is 3.20. The highest BCUT2D eigenvalue weighted by molar-refractivity contribution is 5.95. The van der Waals surface area contributed by atoms with Crippen molar-refractivity contribution < 1.29 is 14.3 Å². The molecule has 0 saturated heterocycles. The van der Waals surface area contributed by atoms with Gasteiger partial charge in [-0.2, -0.15) is 0 Å². The Balaban J connectivity index is 2.19. The molecule has 1 aliphatic rings. The highest BCUT2D eigenvalue weighted by Crippen LogP contribution is 2.29. The van der Waals surface area contributed by atoms with E-state index in [1.54, 1.807) is 0 Å². The van der Waals surface area contributed by atoms with Crippen LogP contribution < -0.4 is 11.1 Å². The number of benzene rings is 1. The van der Waals surface area contributed by atoms with E-state index in [0.29, 0.717) is 12.1 Å². The van der Waals surface area contributed by atoms with E-state index in [2.05, 4.69) is 5.32 Å². The third-order valence-corrected chi connectivity index (χ3v) is 3.87. The van der Waals surface area contributed by atoms with Gasteiger partial charge in [-0.15, -0.1) is 0 Å². The number of esters is 1. The van der Waals surface area contributed by atoms with Crippen molar-refractivity contribution in [3.05, 3.63) is 23.3 Å². The summed E-state index contributed by atoms with van der Waals surface area (Å²) >= 11 is 0. The van der Waals surface area contributed by atoms with E-state index >= 15 is 0 Å². The Labute approximate surface area is 137 Å². The normalized spacial score (nSPS) is 19.0. The third kappa shape index (κ3) is 4.71. The van der Waals surface area contributed by atoms with Gasteiger partial charge >= 0.3 is 5.97 Å². The number of carbonyl (C=O) groups excluding carboxylic acids is 2. The van der Waals surface area contributed by atoms with Crippen molar-refractivity contribution in [1.82, 2.24) is 0 Å². The number of nitrogen functional groups attached to an aromatic ring is 1. The molecule has 1 atom stereocenters. The molecule has 1 heterocycles. The van der Waals surface area contributed by atoms with Crippen LogP contribution in [-0.4, -0.2) is 17.5 Å². The number of hydrogen-bond donors (Lipinski definition) is 2. The van der Waals surface area contributed by atoms with Crippen LogP contribution >= 0.6 is 0 Å². The Morgan fingerprint density at radius 3 is 2.70 bits per heavy atom. The van der Waals surface area contributed by atoms with Gasteiger partial charge in [0.25, 0.3) is 0 Å². The number of carbonyl (C=O) groups is 2. The lowest BCUT2D eigenvalue weighted by molar-refractivity contribution is -0.161. The van der Waals surface area contributed by atoms with Crippen LogP contribution in [0.5, 0.6) is 0 Å². The van der Waals surface area contributed by atoms with E-state index < -0.39 is 11.5 Å². The maximum atomic E-state index is 12.3. The van der Waals surface area contributed by atoms with Crippen molar-refractivity contribution in [2.45, 2.75) is 59.0 Å². The average Bonchev–Trinajstić information content (AvgIpc) is 2.46. The fraction of sp³-hybridized carbons (Fsp3) is 0.556. The fourth-order valence-electron chi connectivity index (χ4n) is 2.91. The molecule has 5 nitrogen and oxygen atoms in total. The molecule has 0 aromatic heterocycles. The Kier molecular flexibility index (Phi) is 4.97. The summed E-state index contributed by atoms with van der Waals surface area (Å²) in [6.07, 6.45) is 2.38. The molecule has 5 heteroatoms. The summed E-state index contributed by atoms with van der Waals surface area (Å²) in [5.74, 6) is -0.854. The monoisotopic (exact) mass is 318 g/mol. The van der Waals surface area contributed by atoms with Gasteiger partial charge in [-0.25, -0.2) is 0 Å². The van der Waals surface area contributed by atoms with Crippen molar-refractivity contribution in [1.29, 1.82) is 0 Å². The number of aryl methyl sites for hydroxylation is 2. The van der Waals surface area contributed by atoms with Gasteiger partial charge in [0.15, 0.2) is 0 Å². The largest absolute Gasteiger partial charge is 0.460 e. The Morgan fingerprint density at radius 2 is 2.04 bits per heavy atom. The second-order valence-electron chi connectivity index (χ2n) is 7.25. The number of hydrogen-bond acceptors (Lipinski definition) is 4. The highest BCUT2D eigenvalue weighted by atomic mass is 16.6. The van der Waals surface area contributed by atoms with Gasteiger partial charge in [-0.3, -0.25) is 9.59 Å². The predicted molar refractivity (Wildman–Crippen MR) is 91.1 cm³/mol. The first kappa shape index (κ1) is 17.3. The number of nitrogens with one attached hydrogen (secondary N) is 1. The number of fused-ring (bicyclic) bond motifs is 1. The summed E-state index contributed by atoms with van der Waals surface area (Å²) in [6.45, 7) is 7.44. The smallest absolute Gasteiger partial charge is 0.309 e. The zero-order valence-corrected chi connectivity index (χ0v) is 14.4. The minimum absolute atomic E-state index is 0.151. The maximum Gasteiger partial charge on any atom is 0.309 e. The van der Waals surface area contributed by atoms with Gasteiger partial charge in [-0.1, -0.05) is 0 Å². The topological polar surface area (TPSA) is 81.4 Å². The molecule has 3 N–H and O–H groups in total. The van der Waals surface area contributed by atoms with Crippen molar-refractivity contribution in [3.8, 4) is 0 Å².